The van der Waals surface area contributed by atoms with E-state index in [0.29, 0.717) is 23.7 Å². The second-order valence-electron chi connectivity index (χ2n) is 6.65. The third-order valence-corrected chi connectivity index (χ3v) is 6.18. The maximum absolute atomic E-state index is 12.7. The summed E-state index contributed by atoms with van der Waals surface area (Å²) < 4.78 is 34.1. The van der Waals surface area contributed by atoms with Gasteiger partial charge in [-0.3, -0.25) is 4.72 Å². The highest BCUT2D eigenvalue weighted by atomic mass is 79.9. The molecule has 0 aliphatic carbocycles. The number of aromatic nitrogens is 1. The minimum atomic E-state index is -3.78. The Labute approximate surface area is 168 Å². The molecule has 1 aliphatic rings. The van der Waals surface area contributed by atoms with Crippen molar-refractivity contribution in [3.8, 4) is 5.75 Å². The number of ether oxygens (including phenoxy) is 1. The monoisotopic (exact) mass is 454 g/mol. The Morgan fingerprint density at radius 3 is 2.37 bits per heavy atom. The number of benzene rings is 1. The lowest BCUT2D eigenvalue weighted by Gasteiger charge is -2.37. The molecule has 2 heterocycles. The summed E-state index contributed by atoms with van der Waals surface area (Å²) in [5.41, 5.74) is 0. The second kappa shape index (κ2) is 8.04. The molecule has 7 nitrogen and oxygen atoms in total. The molecule has 2 unspecified atom stereocenters. The van der Waals surface area contributed by atoms with Gasteiger partial charge >= 0.3 is 0 Å². The SMILES string of the molecule is COc1ccc(N2CC(C)NC(C)C2)nc1NS(=O)(=O)c1ccc(Br)cc1. The van der Waals surface area contributed by atoms with E-state index in [-0.39, 0.29) is 10.7 Å². The molecule has 1 aliphatic heterocycles. The van der Waals surface area contributed by atoms with Crippen molar-refractivity contribution in [3.05, 3.63) is 40.9 Å². The Kier molecular flexibility index (Phi) is 5.92. The summed E-state index contributed by atoms with van der Waals surface area (Å²) in [6.07, 6.45) is 0. The van der Waals surface area contributed by atoms with Crippen molar-refractivity contribution in [1.82, 2.24) is 10.3 Å². The third-order valence-electron chi connectivity index (χ3n) is 4.30. The van der Waals surface area contributed by atoms with E-state index in [1.165, 1.54) is 19.2 Å². The van der Waals surface area contributed by atoms with E-state index < -0.39 is 10.0 Å². The zero-order valence-corrected chi connectivity index (χ0v) is 17.8. The fourth-order valence-electron chi connectivity index (χ4n) is 3.16. The third kappa shape index (κ3) is 4.72. The van der Waals surface area contributed by atoms with Crippen molar-refractivity contribution < 1.29 is 13.2 Å². The van der Waals surface area contributed by atoms with Gasteiger partial charge in [0.15, 0.2) is 11.6 Å². The van der Waals surface area contributed by atoms with E-state index in [2.05, 4.69) is 49.7 Å². The van der Waals surface area contributed by atoms with E-state index in [4.69, 9.17) is 4.74 Å². The van der Waals surface area contributed by atoms with E-state index in [9.17, 15) is 8.42 Å². The fraction of sp³-hybridized carbons (Fsp3) is 0.389. The van der Waals surface area contributed by atoms with Crippen LogP contribution in [0.15, 0.2) is 45.8 Å². The molecule has 3 rings (SSSR count). The van der Waals surface area contributed by atoms with Gasteiger partial charge in [0.2, 0.25) is 0 Å². The van der Waals surface area contributed by atoms with Gasteiger partial charge in [-0.1, -0.05) is 15.9 Å². The van der Waals surface area contributed by atoms with Crippen molar-refractivity contribution in [2.24, 2.45) is 0 Å². The molecule has 0 radical (unpaired) electrons. The largest absolute Gasteiger partial charge is 0.493 e. The number of pyridine rings is 1. The number of halogens is 1. The summed E-state index contributed by atoms with van der Waals surface area (Å²) in [6, 6.07) is 10.6. The van der Waals surface area contributed by atoms with Crippen LogP contribution in [0.25, 0.3) is 0 Å². The number of methoxy groups -OCH3 is 1. The lowest BCUT2D eigenvalue weighted by molar-refractivity contribution is 0.403. The molecule has 1 saturated heterocycles. The summed E-state index contributed by atoms with van der Waals surface area (Å²) >= 11 is 3.31. The summed E-state index contributed by atoms with van der Waals surface area (Å²) in [4.78, 5) is 6.84. The molecule has 27 heavy (non-hydrogen) atoms. The highest BCUT2D eigenvalue weighted by Gasteiger charge is 2.24. The first-order chi connectivity index (χ1) is 12.8. The van der Waals surface area contributed by atoms with Crippen molar-refractivity contribution in [2.45, 2.75) is 30.8 Å². The average molecular weight is 455 g/mol. The molecule has 0 spiro atoms. The first-order valence-corrected chi connectivity index (χ1v) is 10.9. The Balaban J connectivity index is 1.91. The van der Waals surface area contributed by atoms with Crippen LogP contribution in [0.1, 0.15) is 13.8 Å². The van der Waals surface area contributed by atoms with Gasteiger partial charge in [0.05, 0.1) is 12.0 Å². The Morgan fingerprint density at radius 2 is 1.78 bits per heavy atom. The molecule has 0 saturated carbocycles. The number of sulfonamides is 1. The summed E-state index contributed by atoms with van der Waals surface area (Å²) in [6.45, 7) is 5.82. The van der Waals surface area contributed by atoms with Crippen molar-refractivity contribution >= 4 is 37.6 Å². The molecule has 0 amide bonds. The molecular weight excluding hydrogens is 432 g/mol. The number of hydrogen-bond acceptors (Lipinski definition) is 6. The van der Waals surface area contributed by atoms with Gasteiger partial charge in [-0.2, -0.15) is 0 Å². The zero-order valence-electron chi connectivity index (χ0n) is 15.4. The molecule has 1 aromatic carbocycles. The number of piperazine rings is 1. The fourth-order valence-corrected chi connectivity index (χ4v) is 4.44. The van der Waals surface area contributed by atoms with Gasteiger partial charge in [-0.05, 0) is 50.2 Å². The number of anilines is 2. The van der Waals surface area contributed by atoms with E-state index in [1.807, 2.05) is 6.07 Å². The lowest BCUT2D eigenvalue weighted by atomic mass is 10.1. The van der Waals surface area contributed by atoms with Crippen LogP contribution < -0.4 is 19.7 Å². The number of nitrogens with one attached hydrogen (secondary N) is 2. The molecule has 9 heteroatoms. The van der Waals surface area contributed by atoms with Crippen LogP contribution in [0.3, 0.4) is 0 Å². The number of rotatable bonds is 5. The van der Waals surface area contributed by atoms with Crippen LogP contribution in [-0.4, -0.2) is 45.7 Å². The molecule has 2 atom stereocenters. The molecular formula is C18H23BrN4O3S. The summed E-state index contributed by atoms with van der Waals surface area (Å²) in [5, 5.41) is 3.47. The van der Waals surface area contributed by atoms with Crippen molar-refractivity contribution in [1.29, 1.82) is 0 Å². The molecule has 1 aromatic heterocycles. The lowest BCUT2D eigenvalue weighted by Crippen LogP contribution is -2.54. The Morgan fingerprint density at radius 1 is 1.15 bits per heavy atom. The highest BCUT2D eigenvalue weighted by molar-refractivity contribution is 9.10. The normalized spacial score (nSPS) is 20.4. The van der Waals surface area contributed by atoms with Gasteiger partial charge in [-0.25, -0.2) is 13.4 Å². The predicted octanol–water partition coefficient (Wildman–Crippen LogP) is 2.84. The van der Waals surface area contributed by atoms with Crippen LogP contribution in [0.5, 0.6) is 5.75 Å². The van der Waals surface area contributed by atoms with Gasteiger partial charge in [0.1, 0.15) is 5.82 Å². The average Bonchev–Trinajstić information content (AvgIpc) is 2.61. The highest BCUT2D eigenvalue weighted by Crippen LogP contribution is 2.29. The maximum Gasteiger partial charge on any atom is 0.263 e. The molecule has 2 aromatic rings. The molecule has 0 bridgehead atoms. The van der Waals surface area contributed by atoms with Crippen LogP contribution >= 0.6 is 15.9 Å². The van der Waals surface area contributed by atoms with E-state index in [1.54, 1.807) is 18.2 Å². The first kappa shape index (κ1) is 19.9. The maximum atomic E-state index is 12.7. The van der Waals surface area contributed by atoms with Gasteiger partial charge in [-0.15, -0.1) is 0 Å². The quantitative estimate of drug-likeness (QED) is 0.722. The standard InChI is InChI=1S/C18H23BrN4O3S/c1-12-10-23(11-13(2)20-12)17-9-8-16(26-3)18(21-17)22-27(24,25)15-6-4-14(19)5-7-15/h4-9,12-13,20H,10-11H2,1-3H3,(H,21,22). The van der Waals surface area contributed by atoms with Crippen LogP contribution in [0, 0.1) is 0 Å². The van der Waals surface area contributed by atoms with Crippen LogP contribution in [0.2, 0.25) is 0 Å². The predicted molar refractivity (Wildman–Crippen MR) is 110 cm³/mol. The smallest absolute Gasteiger partial charge is 0.263 e. The first-order valence-electron chi connectivity index (χ1n) is 8.63. The number of nitrogens with zero attached hydrogens (tertiary/aromatic N) is 2. The number of hydrogen-bond donors (Lipinski definition) is 2. The minimum absolute atomic E-state index is 0.157. The van der Waals surface area contributed by atoms with E-state index in [0.717, 1.165) is 17.6 Å². The van der Waals surface area contributed by atoms with E-state index >= 15 is 0 Å². The van der Waals surface area contributed by atoms with Crippen molar-refractivity contribution in [2.75, 3.05) is 29.8 Å². The second-order valence-corrected chi connectivity index (χ2v) is 9.25. The van der Waals surface area contributed by atoms with Gasteiger partial charge < -0.3 is 15.0 Å². The molecule has 146 valence electrons. The van der Waals surface area contributed by atoms with Gasteiger partial charge in [0.25, 0.3) is 10.0 Å². The summed E-state index contributed by atoms with van der Waals surface area (Å²) in [5.74, 6) is 1.26. The molecule has 1 fully saturated rings. The minimum Gasteiger partial charge on any atom is -0.493 e. The van der Waals surface area contributed by atoms with Crippen LogP contribution in [0.4, 0.5) is 11.6 Å². The summed E-state index contributed by atoms with van der Waals surface area (Å²) in [7, 11) is -2.29. The van der Waals surface area contributed by atoms with Gasteiger partial charge in [0, 0.05) is 29.6 Å². The topological polar surface area (TPSA) is 83.6 Å². The zero-order chi connectivity index (χ0) is 19.6. The Bertz CT molecular complexity index is 895. The van der Waals surface area contributed by atoms with Crippen LogP contribution in [-0.2, 0) is 10.0 Å². The Hall–Kier alpha value is -1.84. The van der Waals surface area contributed by atoms with Crippen molar-refractivity contribution in [3.63, 3.8) is 0 Å². The molecule has 2 N–H and O–H groups in total.